The molecule has 1 heterocycles. The first-order valence-corrected chi connectivity index (χ1v) is 7.10. The highest BCUT2D eigenvalue weighted by Gasteiger charge is 2.13. The zero-order chi connectivity index (χ0) is 15.9. The lowest BCUT2D eigenvalue weighted by atomic mass is 10.2. The van der Waals surface area contributed by atoms with Gasteiger partial charge >= 0.3 is 5.97 Å². The number of pyridine rings is 1. The molecule has 0 aliphatic carbocycles. The number of aromatic nitrogens is 1. The molecule has 0 unspecified atom stereocenters. The van der Waals surface area contributed by atoms with Gasteiger partial charge in [0.1, 0.15) is 5.15 Å². The molecule has 0 spiro atoms. The van der Waals surface area contributed by atoms with Crippen LogP contribution >= 0.6 is 23.2 Å². The number of halogens is 2. The molecule has 1 amide bonds. The summed E-state index contributed by atoms with van der Waals surface area (Å²) in [6.45, 7) is -0.0706. The standard InChI is InChI=1S/C15H12Cl2N2O3/c16-11-5-3-10(4-6-11)8-19-13(20)9-22-15(21)12-2-1-7-18-14(12)17/h1-7H,8-9H2,(H,19,20). The van der Waals surface area contributed by atoms with E-state index in [0.717, 1.165) is 5.56 Å². The molecule has 1 aromatic heterocycles. The van der Waals surface area contributed by atoms with Crippen molar-refractivity contribution in [2.75, 3.05) is 6.61 Å². The number of esters is 1. The number of nitrogens with zero attached hydrogens (tertiary/aromatic N) is 1. The number of amides is 1. The second kappa shape index (κ2) is 7.77. The first-order chi connectivity index (χ1) is 10.6. The summed E-state index contributed by atoms with van der Waals surface area (Å²) in [5.74, 6) is -1.11. The largest absolute Gasteiger partial charge is 0.452 e. The van der Waals surface area contributed by atoms with Crippen molar-refractivity contribution in [1.29, 1.82) is 0 Å². The Labute approximate surface area is 137 Å². The van der Waals surface area contributed by atoms with E-state index in [-0.39, 0.29) is 10.7 Å². The summed E-state index contributed by atoms with van der Waals surface area (Å²) in [5, 5.41) is 3.29. The normalized spacial score (nSPS) is 10.1. The van der Waals surface area contributed by atoms with E-state index >= 15 is 0 Å². The van der Waals surface area contributed by atoms with Crippen molar-refractivity contribution in [1.82, 2.24) is 10.3 Å². The maximum absolute atomic E-state index is 11.7. The van der Waals surface area contributed by atoms with Gasteiger partial charge in [0.15, 0.2) is 6.61 Å². The monoisotopic (exact) mass is 338 g/mol. The van der Waals surface area contributed by atoms with Crippen LogP contribution in [0.25, 0.3) is 0 Å². The Morgan fingerprint density at radius 3 is 2.55 bits per heavy atom. The minimum Gasteiger partial charge on any atom is -0.452 e. The number of benzene rings is 1. The summed E-state index contributed by atoms with van der Waals surface area (Å²) in [4.78, 5) is 27.1. The number of carbonyl (C=O) groups is 2. The number of rotatable bonds is 5. The highest BCUT2D eigenvalue weighted by atomic mass is 35.5. The van der Waals surface area contributed by atoms with Crippen molar-refractivity contribution in [2.45, 2.75) is 6.54 Å². The van der Waals surface area contributed by atoms with E-state index in [4.69, 9.17) is 27.9 Å². The number of carbonyl (C=O) groups excluding carboxylic acids is 2. The van der Waals surface area contributed by atoms with Gasteiger partial charge in [-0.3, -0.25) is 4.79 Å². The third kappa shape index (κ3) is 4.72. The molecule has 0 bridgehead atoms. The predicted octanol–water partition coefficient (Wildman–Crippen LogP) is 2.86. The van der Waals surface area contributed by atoms with Crippen LogP contribution in [0.5, 0.6) is 0 Å². The average molecular weight is 339 g/mol. The fourth-order valence-corrected chi connectivity index (χ4v) is 1.92. The molecule has 22 heavy (non-hydrogen) atoms. The van der Waals surface area contributed by atoms with Crippen molar-refractivity contribution >= 4 is 35.1 Å². The van der Waals surface area contributed by atoms with Crippen LogP contribution < -0.4 is 5.32 Å². The Balaban J connectivity index is 1.79. The lowest BCUT2D eigenvalue weighted by Crippen LogP contribution is -2.28. The van der Waals surface area contributed by atoms with E-state index in [9.17, 15) is 9.59 Å². The summed E-state index contributed by atoms with van der Waals surface area (Å²) < 4.78 is 4.88. The second-order valence-electron chi connectivity index (χ2n) is 4.32. The van der Waals surface area contributed by atoms with Crippen molar-refractivity contribution in [3.05, 3.63) is 63.9 Å². The molecule has 5 nitrogen and oxygen atoms in total. The van der Waals surface area contributed by atoms with Gasteiger partial charge in [0, 0.05) is 17.8 Å². The maximum Gasteiger partial charge on any atom is 0.341 e. The van der Waals surface area contributed by atoms with E-state index in [2.05, 4.69) is 10.3 Å². The van der Waals surface area contributed by atoms with E-state index in [1.165, 1.54) is 12.3 Å². The SMILES string of the molecule is O=C(COC(=O)c1cccnc1Cl)NCc1ccc(Cl)cc1. The summed E-state index contributed by atoms with van der Waals surface area (Å²) >= 11 is 11.5. The van der Waals surface area contributed by atoms with Crippen LogP contribution in [0, 0.1) is 0 Å². The van der Waals surface area contributed by atoms with Crippen molar-refractivity contribution < 1.29 is 14.3 Å². The van der Waals surface area contributed by atoms with E-state index in [1.807, 2.05) is 0 Å². The molecule has 0 saturated carbocycles. The first kappa shape index (κ1) is 16.3. The lowest BCUT2D eigenvalue weighted by Gasteiger charge is -2.07. The van der Waals surface area contributed by atoms with E-state index in [1.54, 1.807) is 30.3 Å². The molecule has 7 heteroatoms. The van der Waals surface area contributed by atoms with Gasteiger partial charge in [-0.2, -0.15) is 0 Å². The molecular formula is C15H12Cl2N2O3. The topological polar surface area (TPSA) is 68.3 Å². The molecule has 1 N–H and O–H groups in total. The van der Waals surface area contributed by atoms with Crippen LogP contribution in [0.3, 0.4) is 0 Å². The summed E-state index contributed by atoms with van der Waals surface area (Å²) in [6, 6.07) is 10.1. The van der Waals surface area contributed by atoms with Gasteiger partial charge in [-0.05, 0) is 29.8 Å². The number of nitrogens with one attached hydrogen (secondary N) is 1. The van der Waals surface area contributed by atoms with Gasteiger partial charge in [-0.1, -0.05) is 35.3 Å². The van der Waals surface area contributed by atoms with E-state index in [0.29, 0.717) is 11.6 Å². The Kier molecular flexibility index (Phi) is 5.75. The molecule has 0 radical (unpaired) electrons. The Bertz CT molecular complexity index is 675. The smallest absolute Gasteiger partial charge is 0.341 e. The van der Waals surface area contributed by atoms with Crippen LogP contribution in [0.2, 0.25) is 10.2 Å². The van der Waals surface area contributed by atoms with Crippen LogP contribution in [0.15, 0.2) is 42.6 Å². The molecule has 0 aliphatic rings. The summed E-state index contributed by atoms with van der Waals surface area (Å²) in [5.41, 5.74) is 1.01. The average Bonchev–Trinajstić information content (AvgIpc) is 2.52. The van der Waals surface area contributed by atoms with Crippen LogP contribution in [-0.4, -0.2) is 23.5 Å². The third-order valence-electron chi connectivity index (χ3n) is 2.72. The molecule has 2 rings (SSSR count). The maximum atomic E-state index is 11.7. The molecule has 2 aromatic rings. The van der Waals surface area contributed by atoms with Crippen LogP contribution in [0.1, 0.15) is 15.9 Å². The minimum atomic E-state index is -0.695. The predicted molar refractivity (Wildman–Crippen MR) is 82.8 cm³/mol. The van der Waals surface area contributed by atoms with Gasteiger partial charge < -0.3 is 10.1 Å². The fraction of sp³-hybridized carbons (Fsp3) is 0.133. The quantitative estimate of drug-likeness (QED) is 0.672. The Morgan fingerprint density at radius 2 is 1.86 bits per heavy atom. The summed E-state index contributed by atoms with van der Waals surface area (Å²) in [7, 11) is 0. The van der Waals surface area contributed by atoms with Gasteiger partial charge in [0.25, 0.3) is 5.91 Å². The molecule has 0 atom stereocenters. The molecule has 114 valence electrons. The van der Waals surface area contributed by atoms with Crippen molar-refractivity contribution in [2.24, 2.45) is 0 Å². The second-order valence-corrected chi connectivity index (χ2v) is 5.12. The zero-order valence-electron chi connectivity index (χ0n) is 11.4. The minimum absolute atomic E-state index is 0.0362. The Hall–Kier alpha value is -2.11. The molecule has 0 saturated heterocycles. The van der Waals surface area contributed by atoms with Crippen LogP contribution in [-0.2, 0) is 16.1 Å². The summed E-state index contributed by atoms with van der Waals surface area (Å²) in [6.07, 6.45) is 1.46. The molecular weight excluding hydrogens is 327 g/mol. The number of hydrogen-bond donors (Lipinski definition) is 1. The van der Waals surface area contributed by atoms with E-state index < -0.39 is 18.5 Å². The molecule has 0 fully saturated rings. The van der Waals surface area contributed by atoms with Crippen LogP contribution in [0.4, 0.5) is 0 Å². The van der Waals surface area contributed by atoms with Gasteiger partial charge in [-0.25, -0.2) is 9.78 Å². The zero-order valence-corrected chi connectivity index (χ0v) is 12.9. The van der Waals surface area contributed by atoms with Gasteiger partial charge in [0.2, 0.25) is 0 Å². The van der Waals surface area contributed by atoms with Crippen molar-refractivity contribution in [3.63, 3.8) is 0 Å². The molecule has 1 aromatic carbocycles. The first-order valence-electron chi connectivity index (χ1n) is 6.35. The Morgan fingerprint density at radius 1 is 1.14 bits per heavy atom. The lowest BCUT2D eigenvalue weighted by molar-refractivity contribution is -0.124. The highest BCUT2D eigenvalue weighted by molar-refractivity contribution is 6.32. The van der Waals surface area contributed by atoms with Gasteiger partial charge in [0.05, 0.1) is 5.56 Å². The number of ether oxygens (including phenoxy) is 1. The highest BCUT2D eigenvalue weighted by Crippen LogP contribution is 2.12. The number of hydrogen-bond acceptors (Lipinski definition) is 4. The molecule has 0 aliphatic heterocycles. The fourth-order valence-electron chi connectivity index (χ4n) is 1.60. The van der Waals surface area contributed by atoms with Gasteiger partial charge in [-0.15, -0.1) is 0 Å². The third-order valence-corrected chi connectivity index (χ3v) is 3.27. The van der Waals surface area contributed by atoms with Crippen molar-refractivity contribution in [3.8, 4) is 0 Å².